The van der Waals surface area contributed by atoms with Crippen LogP contribution in [0.3, 0.4) is 0 Å². The number of aldehydes is 1. The lowest BCUT2D eigenvalue weighted by Crippen LogP contribution is -1.87. The zero-order valence-corrected chi connectivity index (χ0v) is 7.04. The number of carbonyl (C=O) groups excluding carboxylic acids is 1. The standard InChI is InChI=1S/C10H6F2O2/c11-10(12)9-6-3-1-2-4-7(6)14-8(9)5-13/h1-5,10H. The molecular weight excluding hydrogens is 190 g/mol. The predicted octanol–water partition coefficient (Wildman–Crippen LogP) is 3.18. The molecule has 0 unspecified atom stereocenters. The molecule has 0 radical (unpaired) electrons. The van der Waals surface area contributed by atoms with Gasteiger partial charge < -0.3 is 4.42 Å². The van der Waals surface area contributed by atoms with Crippen molar-refractivity contribution < 1.29 is 18.0 Å². The first-order valence-electron chi connectivity index (χ1n) is 3.99. The van der Waals surface area contributed by atoms with Gasteiger partial charge in [0.1, 0.15) is 5.58 Å². The van der Waals surface area contributed by atoms with Gasteiger partial charge in [-0.05, 0) is 6.07 Å². The summed E-state index contributed by atoms with van der Waals surface area (Å²) in [5, 5.41) is 0.296. The van der Waals surface area contributed by atoms with Gasteiger partial charge in [0, 0.05) is 5.39 Å². The summed E-state index contributed by atoms with van der Waals surface area (Å²) in [6.07, 6.45) is -2.39. The van der Waals surface area contributed by atoms with Crippen LogP contribution >= 0.6 is 0 Å². The third-order valence-corrected chi connectivity index (χ3v) is 1.99. The van der Waals surface area contributed by atoms with Crippen molar-refractivity contribution >= 4 is 17.3 Å². The lowest BCUT2D eigenvalue weighted by atomic mass is 10.1. The highest BCUT2D eigenvalue weighted by molar-refractivity contribution is 5.89. The molecule has 72 valence electrons. The fourth-order valence-corrected chi connectivity index (χ4v) is 1.40. The second-order valence-electron chi connectivity index (χ2n) is 2.79. The molecule has 0 amide bonds. The molecule has 0 fully saturated rings. The number of fused-ring (bicyclic) bond motifs is 1. The lowest BCUT2D eigenvalue weighted by Gasteiger charge is -1.94. The van der Waals surface area contributed by atoms with Crippen LogP contribution in [0.1, 0.15) is 22.5 Å². The number of benzene rings is 1. The Balaban J connectivity index is 2.80. The minimum absolute atomic E-state index is 0.291. The fourth-order valence-electron chi connectivity index (χ4n) is 1.40. The van der Waals surface area contributed by atoms with Crippen LogP contribution in [0.5, 0.6) is 0 Å². The van der Waals surface area contributed by atoms with Gasteiger partial charge in [0.05, 0.1) is 5.56 Å². The van der Waals surface area contributed by atoms with Crippen LogP contribution in [-0.4, -0.2) is 6.29 Å². The molecule has 0 atom stereocenters. The molecule has 1 heterocycles. The fraction of sp³-hybridized carbons (Fsp3) is 0.100. The molecule has 0 aliphatic rings. The van der Waals surface area contributed by atoms with Crippen molar-refractivity contribution in [1.82, 2.24) is 0 Å². The number of para-hydroxylation sites is 1. The van der Waals surface area contributed by atoms with E-state index < -0.39 is 6.43 Å². The highest BCUT2D eigenvalue weighted by Gasteiger charge is 2.20. The van der Waals surface area contributed by atoms with Crippen LogP contribution in [0, 0.1) is 0 Å². The highest BCUT2D eigenvalue weighted by Crippen LogP contribution is 2.32. The number of halogens is 2. The van der Waals surface area contributed by atoms with Gasteiger partial charge in [-0.15, -0.1) is 0 Å². The lowest BCUT2D eigenvalue weighted by molar-refractivity contribution is 0.108. The maximum absolute atomic E-state index is 12.6. The molecule has 4 heteroatoms. The van der Waals surface area contributed by atoms with Gasteiger partial charge in [0.15, 0.2) is 12.0 Å². The molecule has 0 bridgehead atoms. The first kappa shape index (κ1) is 8.87. The van der Waals surface area contributed by atoms with Gasteiger partial charge in [-0.2, -0.15) is 0 Å². The molecule has 0 aliphatic heterocycles. The summed E-state index contributed by atoms with van der Waals surface area (Å²) in [4.78, 5) is 10.5. The Labute approximate surface area is 78.1 Å². The second kappa shape index (κ2) is 3.21. The van der Waals surface area contributed by atoms with Gasteiger partial charge >= 0.3 is 0 Å². The van der Waals surface area contributed by atoms with E-state index in [9.17, 15) is 13.6 Å². The Bertz CT molecular complexity index is 474. The van der Waals surface area contributed by atoms with E-state index in [1.165, 1.54) is 6.07 Å². The Hall–Kier alpha value is -1.71. The summed E-state index contributed by atoms with van der Waals surface area (Å²) in [5.74, 6) is -0.291. The van der Waals surface area contributed by atoms with E-state index >= 15 is 0 Å². The van der Waals surface area contributed by atoms with Crippen molar-refractivity contribution in [2.75, 3.05) is 0 Å². The first-order chi connectivity index (χ1) is 6.74. The first-order valence-corrected chi connectivity index (χ1v) is 3.99. The van der Waals surface area contributed by atoms with E-state index in [4.69, 9.17) is 4.42 Å². The molecule has 0 spiro atoms. The molecule has 0 aliphatic carbocycles. The van der Waals surface area contributed by atoms with Crippen molar-refractivity contribution in [1.29, 1.82) is 0 Å². The van der Waals surface area contributed by atoms with Gasteiger partial charge in [-0.3, -0.25) is 4.79 Å². The third-order valence-electron chi connectivity index (χ3n) is 1.99. The maximum atomic E-state index is 12.6. The topological polar surface area (TPSA) is 30.2 Å². The Kier molecular flexibility index (Phi) is 2.04. The summed E-state index contributed by atoms with van der Waals surface area (Å²) in [7, 11) is 0. The molecule has 0 N–H and O–H groups in total. The molecule has 2 aromatic rings. The number of carbonyl (C=O) groups is 1. The van der Waals surface area contributed by atoms with Gasteiger partial charge in [0.2, 0.25) is 0 Å². The molecule has 1 aromatic carbocycles. The van der Waals surface area contributed by atoms with Crippen molar-refractivity contribution in [3.05, 3.63) is 35.6 Å². The smallest absolute Gasteiger partial charge is 0.268 e. The van der Waals surface area contributed by atoms with E-state index in [1.54, 1.807) is 18.2 Å². The van der Waals surface area contributed by atoms with Crippen molar-refractivity contribution in [3.8, 4) is 0 Å². The number of alkyl halides is 2. The monoisotopic (exact) mass is 196 g/mol. The molecule has 2 rings (SSSR count). The van der Waals surface area contributed by atoms with E-state index in [0.29, 0.717) is 17.3 Å². The average molecular weight is 196 g/mol. The SMILES string of the molecule is O=Cc1oc2ccccc2c1C(F)F. The predicted molar refractivity (Wildman–Crippen MR) is 46.6 cm³/mol. The Morgan fingerprint density at radius 2 is 2.00 bits per heavy atom. The molecule has 0 saturated carbocycles. The number of furan rings is 1. The molecular formula is C10H6F2O2. The average Bonchev–Trinajstić information content (AvgIpc) is 2.55. The number of hydrogen-bond donors (Lipinski definition) is 0. The minimum Gasteiger partial charge on any atom is -0.453 e. The Morgan fingerprint density at radius 1 is 1.29 bits per heavy atom. The summed E-state index contributed by atoms with van der Waals surface area (Å²) in [6, 6.07) is 6.34. The van der Waals surface area contributed by atoms with Crippen LogP contribution in [-0.2, 0) is 0 Å². The largest absolute Gasteiger partial charge is 0.453 e. The summed E-state index contributed by atoms with van der Waals surface area (Å²) in [6.45, 7) is 0. The van der Waals surface area contributed by atoms with Gasteiger partial charge in [-0.1, -0.05) is 18.2 Å². The molecule has 0 saturated heterocycles. The molecule has 1 aromatic heterocycles. The van der Waals surface area contributed by atoms with Crippen molar-refractivity contribution in [3.63, 3.8) is 0 Å². The van der Waals surface area contributed by atoms with Crippen LogP contribution in [0.4, 0.5) is 8.78 Å². The summed E-state index contributed by atoms with van der Waals surface area (Å²) in [5.41, 5.74) is -0.0134. The van der Waals surface area contributed by atoms with Crippen LogP contribution in [0.2, 0.25) is 0 Å². The van der Waals surface area contributed by atoms with Crippen LogP contribution in [0.15, 0.2) is 28.7 Å². The zero-order chi connectivity index (χ0) is 10.1. The van der Waals surface area contributed by atoms with Crippen molar-refractivity contribution in [2.45, 2.75) is 6.43 Å². The quantitative estimate of drug-likeness (QED) is 0.690. The van der Waals surface area contributed by atoms with Gasteiger partial charge in [-0.25, -0.2) is 8.78 Å². The van der Waals surface area contributed by atoms with E-state index in [1.807, 2.05) is 0 Å². The summed E-state index contributed by atoms with van der Waals surface area (Å²) >= 11 is 0. The molecule has 2 nitrogen and oxygen atoms in total. The zero-order valence-electron chi connectivity index (χ0n) is 7.04. The highest BCUT2D eigenvalue weighted by atomic mass is 19.3. The van der Waals surface area contributed by atoms with Crippen LogP contribution in [0.25, 0.3) is 11.0 Å². The normalized spacial score (nSPS) is 11.1. The Morgan fingerprint density at radius 3 is 2.64 bits per heavy atom. The van der Waals surface area contributed by atoms with E-state index in [2.05, 4.69) is 0 Å². The summed E-state index contributed by atoms with van der Waals surface area (Å²) < 4.78 is 30.1. The third kappa shape index (κ3) is 1.19. The second-order valence-corrected chi connectivity index (χ2v) is 2.79. The number of hydrogen-bond acceptors (Lipinski definition) is 2. The van der Waals surface area contributed by atoms with Crippen molar-refractivity contribution in [2.24, 2.45) is 0 Å². The minimum atomic E-state index is -2.70. The van der Waals surface area contributed by atoms with E-state index in [0.717, 1.165) is 0 Å². The molecule has 14 heavy (non-hydrogen) atoms. The van der Waals surface area contributed by atoms with Crippen LogP contribution < -0.4 is 0 Å². The van der Waals surface area contributed by atoms with E-state index in [-0.39, 0.29) is 11.3 Å². The van der Waals surface area contributed by atoms with Gasteiger partial charge in [0.25, 0.3) is 6.43 Å². The number of rotatable bonds is 2. The maximum Gasteiger partial charge on any atom is 0.268 e.